The van der Waals surface area contributed by atoms with Crippen LogP contribution in [0.1, 0.15) is 25.7 Å². The second-order valence-corrected chi connectivity index (χ2v) is 5.69. The third-order valence-corrected chi connectivity index (χ3v) is 4.75. The van der Waals surface area contributed by atoms with Gasteiger partial charge in [-0.1, -0.05) is 12.8 Å². The third kappa shape index (κ3) is 2.08. The molecular weight excluding hydrogens is 216 g/mol. The second kappa shape index (κ2) is 4.58. The predicted molar refractivity (Wildman–Crippen MR) is 64.5 cm³/mol. The van der Waals surface area contributed by atoms with Gasteiger partial charge < -0.3 is 15.4 Å². The van der Waals surface area contributed by atoms with Gasteiger partial charge in [-0.05, 0) is 24.7 Å². The molecule has 0 aromatic rings. The van der Waals surface area contributed by atoms with Crippen molar-refractivity contribution in [3.05, 3.63) is 0 Å². The molecular formula is C13H22N2O2. The van der Waals surface area contributed by atoms with Crippen LogP contribution in [0.15, 0.2) is 0 Å². The summed E-state index contributed by atoms with van der Waals surface area (Å²) in [5.41, 5.74) is 0. The Hall–Kier alpha value is -0.610. The fraction of sp³-hybridized carbons (Fsp3) is 0.923. The summed E-state index contributed by atoms with van der Waals surface area (Å²) < 4.78 is 5.37. The lowest BCUT2D eigenvalue weighted by Gasteiger charge is -2.18. The van der Waals surface area contributed by atoms with Gasteiger partial charge in [0.25, 0.3) is 0 Å². The van der Waals surface area contributed by atoms with Crippen LogP contribution >= 0.6 is 0 Å². The normalized spacial score (nSPS) is 44.2. The van der Waals surface area contributed by atoms with E-state index in [1.54, 1.807) is 7.11 Å². The molecule has 0 aromatic heterocycles. The van der Waals surface area contributed by atoms with Crippen LogP contribution in [0.5, 0.6) is 0 Å². The summed E-state index contributed by atoms with van der Waals surface area (Å²) in [4.78, 5) is 12.2. The van der Waals surface area contributed by atoms with E-state index in [-0.39, 0.29) is 18.1 Å². The molecule has 0 spiro atoms. The summed E-state index contributed by atoms with van der Waals surface area (Å²) in [6.07, 6.45) is 5.30. The van der Waals surface area contributed by atoms with Crippen LogP contribution in [0, 0.1) is 17.8 Å². The zero-order chi connectivity index (χ0) is 11.8. The van der Waals surface area contributed by atoms with Gasteiger partial charge in [-0.3, -0.25) is 4.79 Å². The van der Waals surface area contributed by atoms with Crippen molar-refractivity contribution in [2.24, 2.45) is 17.8 Å². The molecule has 3 unspecified atom stereocenters. The van der Waals surface area contributed by atoms with Crippen LogP contribution in [0.2, 0.25) is 0 Å². The minimum atomic E-state index is 0.139. The molecule has 1 saturated heterocycles. The number of nitrogens with one attached hydrogen (secondary N) is 2. The number of fused-ring (bicyclic) bond motifs is 1. The molecule has 4 atom stereocenters. The number of carbonyl (C=O) groups is 1. The van der Waals surface area contributed by atoms with Crippen LogP contribution in [-0.2, 0) is 9.53 Å². The minimum Gasteiger partial charge on any atom is -0.378 e. The van der Waals surface area contributed by atoms with E-state index in [2.05, 4.69) is 10.6 Å². The predicted octanol–water partition coefficient (Wildman–Crippen LogP) is 0.526. The first kappa shape index (κ1) is 11.5. The number of ether oxygens (including phenoxy) is 1. The topological polar surface area (TPSA) is 50.4 Å². The van der Waals surface area contributed by atoms with Crippen LogP contribution in [0.3, 0.4) is 0 Å². The first-order valence-corrected chi connectivity index (χ1v) is 6.85. The van der Waals surface area contributed by atoms with Gasteiger partial charge in [-0.25, -0.2) is 0 Å². The fourth-order valence-electron chi connectivity index (χ4n) is 3.71. The minimum absolute atomic E-state index is 0.139. The van der Waals surface area contributed by atoms with E-state index in [1.165, 1.54) is 25.7 Å². The molecule has 2 saturated carbocycles. The average molecular weight is 238 g/mol. The van der Waals surface area contributed by atoms with Crippen molar-refractivity contribution >= 4 is 5.91 Å². The molecule has 1 heterocycles. The molecule has 4 nitrogen and oxygen atoms in total. The summed E-state index contributed by atoms with van der Waals surface area (Å²) in [7, 11) is 1.72. The molecule has 1 amide bonds. The van der Waals surface area contributed by atoms with E-state index in [4.69, 9.17) is 4.74 Å². The number of rotatable bonds is 3. The van der Waals surface area contributed by atoms with Gasteiger partial charge in [0.15, 0.2) is 0 Å². The molecule has 3 rings (SSSR count). The Morgan fingerprint density at radius 2 is 1.94 bits per heavy atom. The number of methoxy groups -OCH3 is 1. The highest BCUT2D eigenvalue weighted by Crippen LogP contribution is 2.55. The van der Waals surface area contributed by atoms with Gasteiger partial charge in [0.1, 0.15) is 0 Å². The zero-order valence-corrected chi connectivity index (χ0v) is 10.4. The van der Waals surface area contributed by atoms with E-state index >= 15 is 0 Å². The molecule has 2 N–H and O–H groups in total. The van der Waals surface area contributed by atoms with Gasteiger partial charge in [0.2, 0.25) is 5.91 Å². The Morgan fingerprint density at radius 1 is 1.24 bits per heavy atom. The molecule has 3 fully saturated rings. The molecule has 2 aliphatic carbocycles. The quantitative estimate of drug-likeness (QED) is 0.754. The van der Waals surface area contributed by atoms with E-state index in [0.29, 0.717) is 17.8 Å². The maximum Gasteiger partial charge on any atom is 0.224 e. The van der Waals surface area contributed by atoms with Crippen LogP contribution in [0.4, 0.5) is 0 Å². The Balaban J connectivity index is 1.54. The van der Waals surface area contributed by atoms with Crippen molar-refractivity contribution in [3.8, 4) is 0 Å². The summed E-state index contributed by atoms with van der Waals surface area (Å²) >= 11 is 0. The van der Waals surface area contributed by atoms with Gasteiger partial charge in [0.05, 0.1) is 12.1 Å². The summed E-state index contributed by atoms with van der Waals surface area (Å²) in [5.74, 6) is 1.98. The molecule has 0 bridgehead atoms. The lowest BCUT2D eigenvalue weighted by atomic mass is 10.0. The molecule has 17 heavy (non-hydrogen) atoms. The van der Waals surface area contributed by atoms with Gasteiger partial charge in [-0.2, -0.15) is 0 Å². The monoisotopic (exact) mass is 238 g/mol. The van der Waals surface area contributed by atoms with Crippen molar-refractivity contribution in [2.45, 2.75) is 37.8 Å². The maximum atomic E-state index is 12.2. The number of hydrogen-bond acceptors (Lipinski definition) is 3. The Bertz CT molecular complexity index is 296. The number of carbonyl (C=O) groups excluding carboxylic acids is 1. The molecule has 1 aliphatic heterocycles. The summed E-state index contributed by atoms with van der Waals surface area (Å²) in [5, 5.41) is 6.43. The molecule has 4 heteroatoms. The fourth-order valence-corrected chi connectivity index (χ4v) is 3.71. The highest BCUT2D eigenvalue weighted by molar-refractivity contribution is 5.82. The molecule has 0 radical (unpaired) electrons. The standard InChI is InChI=1S/C13H22N2O2/c1-17-11-7-14-6-10(11)15-13(16)12-8-4-2-3-5-9(8)12/h8-12,14H,2-7H2,1H3,(H,15,16)/t8?,9?,10?,11-,12?/m0/s1. The molecule has 0 aromatic carbocycles. The Morgan fingerprint density at radius 3 is 2.59 bits per heavy atom. The average Bonchev–Trinajstić information content (AvgIpc) is 2.92. The first-order chi connectivity index (χ1) is 8.31. The van der Waals surface area contributed by atoms with Crippen LogP contribution in [-0.4, -0.2) is 38.3 Å². The van der Waals surface area contributed by atoms with Crippen molar-refractivity contribution in [3.63, 3.8) is 0 Å². The summed E-state index contributed by atoms with van der Waals surface area (Å²) in [6, 6.07) is 0.162. The summed E-state index contributed by atoms with van der Waals surface area (Å²) in [6.45, 7) is 1.69. The zero-order valence-electron chi connectivity index (χ0n) is 10.4. The van der Waals surface area contributed by atoms with Gasteiger partial charge in [0, 0.05) is 26.1 Å². The second-order valence-electron chi connectivity index (χ2n) is 5.69. The van der Waals surface area contributed by atoms with Crippen molar-refractivity contribution < 1.29 is 9.53 Å². The smallest absolute Gasteiger partial charge is 0.224 e. The Kier molecular flexibility index (Phi) is 3.09. The van der Waals surface area contributed by atoms with Gasteiger partial charge in [-0.15, -0.1) is 0 Å². The highest BCUT2D eigenvalue weighted by Gasteiger charge is 2.55. The van der Waals surface area contributed by atoms with E-state index in [9.17, 15) is 4.79 Å². The van der Waals surface area contributed by atoms with Crippen LogP contribution in [0.25, 0.3) is 0 Å². The SMILES string of the molecule is CO[C@H]1CNCC1NC(=O)C1C2CCCCC21. The lowest BCUT2D eigenvalue weighted by Crippen LogP contribution is -2.44. The lowest BCUT2D eigenvalue weighted by molar-refractivity contribution is -0.124. The molecule has 96 valence electrons. The number of hydrogen-bond donors (Lipinski definition) is 2. The first-order valence-electron chi connectivity index (χ1n) is 6.85. The van der Waals surface area contributed by atoms with E-state index in [1.807, 2.05) is 0 Å². The van der Waals surface area contributed by atoms with Crippen molar-refractivity contribution in [2.75, 3.05) is 20.2 Å². The third-order valence-electron chi connectivity index (χ3n) is 4.75. The Labute approximate surface area is 102 Å². The van der Waals surface area contributed by atoms with Crippen molar-refractivity contribution in [1.82, 2.24) is 10.6 Å². The maximum absolute atomic E-state index is 12.2. The highest BCUT2D eigenvalue weighted by atomic mass is 16.5. The molecule has 3 aliphatic rings. The van der Waals surface area contributed by atoms with E-state index < -0.39 is 0 Å². The van der Waals surface area contributed by atoms with Gasteiger partial charge >= 0.3 is 0 Å². The van der Waals surface area contributed by atoms with E-state index in [0.717, 1.165) is 13.1 Å². The largest absolute Gasteiger partial charge is 0.378 e. The van der Waals surface area contributed by atoms with Crippen molar-refractivity contribution in [1.29, 1.82) is 0 Å². The number of amides is 1. The van der Waals surface area contributed by atoms with Crippen LogP contribution < -0.4 is 10.6 Å².